The van der Waals surface area contributed by atoms with Crippen molar-refractivity contribution < 1.29 is 0 Å². The highest BCUT2D eigenvalue weighted by Gasteiger charge is 2.12. The minimum atomic E-state index is 0.385. The van der Waals surface area contributed by atoms with Crippen LogP contribution in [-0.2, 0) is 0 Å². The number of hydrogen-bond donors (Lipinski definition) is 0. The molecule has 0 saturated heterocycles. The summed E-state index contributed by atoms with van der Waals surface area (Å²) < 4.78 is 0. The summed E-state index contributed by atoms with van der Waals surface area (Å²) in [5.74, 6) is 0.818. The number of nitrogens with zero attached hydrogens (tertiary/aromatic N) is 3. The predicted molar refractivity (Wildman–Crippen MR) is 65.5 cm³/mol. The fourth-order valence-corrected chi connectivity index (χ4v) is 1.74. The highest BCUT2D eigenvalue weighted by molar-refractivity contribution is 5.80. The van der Waals surface area contributed by atoms with Crippen molar-refractivity contribution in [1.82, 2.24) is 15.0 Å². The zero-order chi connectivity index (χ0) is 11.7. The molecule has 0 aliphatic rings. The lowest BCUT2D eigenvalue weighted by molar-refractivity contribution is 0.771. The zero-order valence-electron chi connectivity index (χ0n) is 10.2. The van der Waals surface area contributed by atoms with Crippen LogP contribution >= 0.6 is 0 Å². The normalized spacial score (nSPS) is 11.6. The number of aromatic nitrogens is 3. The Kier molecular flexibility index (Phi) is 2.86. The lowest BCUT2D eigenvalue weighted by Gasteiger charge is -2.12. The van der Waals surface area contributed by atoms with Crippen LogP contribution in [0.1, 0.15) is 50.9 Å². The van der Waals surface area contributed by atoms with Gasteiger partial charge in [0.15, 0.2) is 0 Å². The zero-order valence-corrected chi connectivity index (χ0v) is 10.2. The van der Waals surface area contributed by atoms with Crippen LogP contribution in [0.3, 0.4) is 0 Å². The molecule has 16 heavy (non-hydrogen) atoms. The first-order valence-corrected chi connectivity index (χ1v) is 5.70. The van der Waals surface area contributed by atoms with Gasteiger partial charge >= 0.3 is 0 Å². The van der Waals surface area contributed by atoms with E-state index in [1.807, 2.05) is 6.20 Å². The van der Waals surface area contributed by atoms with Crippen molar-refractivity contribution in [2.75, 3.05) is 0 Å². The molecule has 0 radical (unpaired) electrons. The van der Waals surface area contributed by atoms with Gasteiger partial charge in [-0.1, -0.05) is 27.7 Å². The average molecular weight is 215 g/mol. The lowest BCUT2D eigenvalue weighted by Crippen LogP contribution is -2.02. The third-order valence-electron chi connectivity index (χ3n) is 2.67. The Morgan fingerprint density at radius 2 is 1.81 bits per heavy atom. The molecule has 0 aliphatic carbocycles. The van der Waals surface area contributed by atoms with Gasteiger partial charge < -0.3 is 0 Å². The summed E-state index contributed by atoms with van der Waals surface area (Å²) in [5, 5.41) is 1.09. The third kappa shape index (κ3) is 1.90. The van der Waals surface area contributed by atoms with Crippen LogP contribution in [0.2, 0.25) is 0 Å². The van der Waals surface area contributed by atoms with Crippen LogP contribution in [0.25, 0.3) is 10.9 Å². The van der Waals surface area contributed by atoms with Crippen LogP contribution in [0.15, 0.2) is 18.6 Å². The van der Waals surface area contributed by atoms with Gasteiger partial charge in [0.2, 0.25) is 0 Å². The molecular weight excluding hydrogens is 198 g/mol. The summed E-state index contributed by atoms with van der Waals surface area (Å²) in [4.78, 5) is 13.1. The van der Waals surface area contributed by atoms with E-state index in [4.69, 9.17) is 4.98 Å². The van der Waals surface area contributed by atoms with Crippen LogP contribution in [-0.4, -0.2) is 15.0 Å². The average Bonchev–Trinajstić information content (AvgIpc) is 2.27. The van der Waals surface area contributed by atoms with Crippen molar-refractivity contribution in [1.29, 1.82) is 0 Å². The second-order valence-electron chi connectivity index (χ2n) is 4.70. The molecule has 84 valence electrons. The number of hydrogen-bond acceptors (Lipinski definition) is 3. The fourth-order valence-electron chi connectivity index (χ4n) is 1.74. The van der Waals surface area contributed by atoms with E-state index in [-0.39, 0.29) is 0 Å². The highest BCUT2D eigenvalue weighted by atomic mass is 14.8. The summed E-state index contributed by atoms with van der Waals surface area (Å²) >= 11 is 0. The molecular formula is C13H17N3. The number of pyridine rings is 1. The molecule has 3 nitrogen and oxygen atoms in total. The summed E-state index contributed by atoms with van der Waals surface area (Å²) in [6.45, 7) is 8.60. The van der Waals surface area contributed by atoms with Gasteiger partial charge in [-0.05, 0) is 17.9 Å². The smallest absolute Gasteiger partial charge is 0.116 e. The Labute approximate surface area is 96.0 Å². The van der Waals surface area contributed by atoms with Crippen LogP contribution in [0.5, 0.6) is 0 Å². The van der Waals surface area contributed by atoms with Gasteiger partial charge in [0.1, 0.15) is 6.33 Å². The Balaban J connectivity index is 2.74. The van der Waals surface area contributed by atoms with E-state index in [1.165, 1.54) is 0 Å². The fraction of sp³-hybridized carbons (Fsp3) is 0.462. The monoisotopic (exact) mass is 215 g/mol. The molecule has 0 spiro atoms. The molecule has 0 bridgehead atoms. The Bertz CT molecular complexity index is 504. The topological polar surface area (TPSA) is 38.7 Å². The van der Waals surface area contributed by atoms with E-state index in [0.29, 0.717) is 11.8 Å². The molecule has 2 aromatic heterocycles. The van der Waals surface area contributed by atoms with Gasteiger partial charge in [-0.25, -0.2) is 9.97 Å². The quantitative estimate of drug-likeness (QED) is 0.771. The molecule has 0 unspecified atom stereocenters. The van der Waals surface area contributed by atoms with Crippen molar-refractivity contribution in [3.05, 3.63) is 30.0 Å². The minimum Gasteiger partial charge on any atom is -0.255 e. The maximum absolute atomic E-state index is 4.71. The number of rotatable bonds is 2. The molecule has 0 aromatic carbocycles. The van der Waals surface area contributed by atoms with Crippen molar-refractivity contribution >= 4 is 10.9 Å². The van der Waals surface area contributed by atoms with Gasteiger partial charge in [-0.2, -0.15) is 0 Å². The molecule has 0 amide bonds. The van der Waals surface area contributed by atoms with Gasteiger partial charge in [0.25, 0.3) is 0 Å². The third-order valence-corrected chi connectivity index (χ3v) is 2.67. The van der Waals surface area contributed by atoms with Crippen molar-refractivity contribution in [2.24, 2.45) is 0 Å². The second-order valence-corrected chi connectivity index (χ2v) is 4.70. The molecule has 0 saturated carbocycles. The molecule has 0 fully saturated rings. The first-order chi connectivity index (χ1) is 7.59. The Hall–Kier alpha value is -1.51. The van der Waals surface area contributed by atoms with Crippen molar-refractivity contribution in [3.63, 3.8) is 0 Å². The minimum absolute atomic E-state index is 0.385. The lowest BCUT2D eigenvalue weighted by atomic mass is 10.0. The van der Waals surface area contributed by atoms with Gasteiger partial charge in [-0.15, -0.1) is 0 Å². The largest absolute Gasteiger partial charge is 0.255 e. The van der Waals surface area contributed by atoms with E-state index in [2.05, 4.69) is 43.7 Å². The Morgan fingerprint density at radius 3 is 2.44 bits per heavy atom. The van der Waals surface area contributed by atoms with E-state index < -0.39 is 0 Å². The summed E-state index contributed by atoms with van der Waals surface area (Å²) in [7, 11) is 0. The molecule has 2 aromatic rings. The van der Waals surface area contributed by atoms with Crippen LogP contribution in [0, 0.1) is 0 Å². The highest BCUT2D eigenvalue weighted by Crippen LogP contribution is 2.24. The van der Waals surface area contributed by atoms with Crippen molar-refractivity contribution in [2.45, 2.75) is 39.5 Å². The summed E-state index contributed by atoms with van der Waals surface area (Å²) in [5.41, 5.74) is 3.17. The predicted octanol–water partition coefficient (Wildman–Crippen LogP) is 3.27. The number of fused-ring (bicyclic) bond motifs is 1. The van der Waals surface area contributed by atoms with Crippen molar-refractivity contribution in [3.8, 4) is 0 Å². The molecule has 2 rings (SSSR count). The maximum Gasteiger partial charge on any atom is 0.116 e. The van der Waals surface area contributed by atoms with E-state index in [9.17, 15) is 0 Å². The van der Waals surface area contributed by atoms with Gasteiger partial charge in [0, 0.05) is 17.3 Å². The molecule has 0 atom stereocenters. The van der Waals surface area contributed by atoms with Gasteiger partial charge in [0.05, 0.1) is 11.2 Å². The van der Waals surface area contributed by atoms with E-state index in [0.717, 1.165) is 22.3 Å². The molecule has 2 heterocycles. The van der Waals surface area contributed by atoms with E-state index >= 15 is 0 Å². The Morgan fingerprint density at radius 1 is 1.06 bits per heavy atom. The van der Waals surface area contributed by atoms with E-state index in [1.54, 1.807) is 6.33 Å². The summed E-state index contributed by atoms with van der Waals surface area (Å²) in [6.07, 6.45) is 3.45. The first kappa shape index (κ1) is 11.0. The SMILES string of the molecule is CC(C)c1cc2cncnc2c(C(C)C)n1. The molecule has 0 N–H and O–H groups in total. The van der Waals surface area contributed by atoms with Crippen LogP contribution in [0.4, 0.5) is 0 Å². The first-order valence-electron chi connectivity index (χ1n) is 5.70. The maximum atomic E-state index is 4.71. The molecule has 3 heteroatoms. The standard InChI is InChI=1S/C13H17N3/c1-8(2)11-5-10-6-14-7-15-13(10)12(16-11)9(3)4/h5-9H,1-4H3. The molecule has 0 aliphatic heterocycles. The second kappa shape index (κ2) is 4.16. The van der Waals surface area contributed by atoms with Crippen LogP contribution < -0.4 is 0 Å². The summed E-state index contributed by atoms with van der Waals surface area (Å²) in [6, 6.07) is 2.09. The van der Waals surface area contributed by atoms with Gasteiger partial charge in [-0.3, -0.25) is 4.98 Å².